The zero-order chi connectivity index (χ0) is 11.6. The smallest absolute Gasteiger partial charge is 0.400 e. The van der Waals surface area contributed by atoms with Gasteiger partial charge in [-0.15, -0.1) is 13.2 Å². The summed E-state index contributed by atoms with van der Waals surface area (Å²) in [6, 6.07) is 0.819. The molecule has 0 aliphatic carbocycles. The molecular formula is C7H2ClF4NO2. The zero-order valence-corrected chi connectivity index (χ0v) is 7.56. The lowest BCUT2D eigenvalue weighted by atomic mass is 10.2. The van der Waals surface area contributed by atoms with Crippen LogP contribution < -0.4 is 4.74 Å². The molecule has 0 N–H and O–H groups in total. The molecule has 0 unspecified atom stereocenters. The molecule has 3 nitrogen and oxygen atoms in total. The molecule has 0 saturated carbocycles. The zero-order valence-electron chi connectivity index (χ0n) is 6.81. The van der Waals surface area contributed by atoms with Crippen LogP contribution in [0.1, 0.15) is 10.4 Å². The van der Waals surface area contributed by atoms with Gasteiger partial charge in [0.15, 0.2) is 5.75 Å². The molecule has 0 aromatic carbocycles. The van der Waals surface area contributed by atoms with Crippen LogP contribution in [-0.2, 0) is 0 Å². The SMILES string of the molecule is O=C(Cl)c1ccnc(F)c1OC(F)(F)F. The van der Waals surface area contributed by atoms with Crippen LogP contribution in [0.3, 0.4) is 0 Å². The first-order valence-electron chi connectivity index (χ1n) is 3.41. The maximum absolute atomic E-state index is 12.8. The van der Waals surface area contributed by atoms with Crippen LogP contribution >= 0.6 is 11.6 Å². The van der Waals surface area contributed by atoms with Gasteiger partial charge in [-0.3, -0.25) is 4.79 Å². The van der Waals surface area contributed by atoms with Crippen molar-refractivity contribution in [2.45, 2.75) is 6.36 Å². The van der Waals surface area contributed by atoms with Crippen molar-refractivity contribution in [1.29, 1.82) is 0 Å². The standard InChI is InChI=1S/C7H2ClF4NO2/c8-5(14)3-1-2-13-6(9)4(3)15-7(10,11)12/h1-2H. The second-order valence-corrected chi connectivity index (χ2v) is 2.64. The van der Waals surface area contributed by atoms with Crippen molar-refractivity contribution in [3.63, 3.8) is 0 Å². The maximum Gasteiger partial charge on any atom is 0.573 e. The van der Waals surface area contributed by atoms with E-state index in [4.69, 9.17) is 11.6 Å². The van der Waals surface area contributed by atoms with Crippen molar-refractivity contribution in [3.8, 4) is 5.75 Å². The van der Waals surface area contributed by atoms with Crippen LogP contribution in [0, 0.1) is 5.95 Å². The molecule has 1 aromatic rings. The second kappa shape index (κ2) is 4.01. The van der Waals surface area contributed by atoms with Crippen molar-refractivity contribution >= 4 is 16.8 Å². The lowest BCUT2D eigenvalue weighted by Crippen LogP contribution is -2.20. The third-order valence-electron chi connectivity index (χ3n) is 1.29. The summed E-state index contributed by atoms with van der Waals surface area (Å²) in [6.07, 6.45) is -4.32. The molecule has 0 atom stereocenters. The Hall–Kier alpha value is -1.37. The molecular weight excluding hydrogens is 242 g/mol. The molecule has 0 spiro atoms. The first kappa shape index (κ1) is 11.7. The van der Waals surface area contributed by atoms with Crippen LogP contribution in [-0.4, -0.2) is 16.6 Å². The minimum absolute atomic E-state index is 0.735. The van der Waals surface area contributed by atoms with Gasteiger partial charge in [-0.05, 0) is 17.7 Å². The number of rotatable bonds is 2. The Morgan fingerprint density at radius 1 is 1.47 bits per heavy atom. The summed E-state index contributed by atoms with van der Waals surface area (Å²) in [7, 11) is 0. The molecule has 0 bridgehead atoms. The quantitative estimate of drug-likeness (QED) is 0.455. The molecule has 0 fully saturated rings. The van der Waals surface area contributed by atoms with Crippen molar-refractivity contribution in [2.75, 3.05) is 0 Å². The van der Waals surface area contributed by atoms with E-state index in [0.717, 1.165) is 12.3 Å². The summed E-state index contributed by atoms with van der Waals surface area (Å²) in [5.74, 6) is -2.89. The van der Waals surface area contributed by atoms with E-state index in [1.165, 1.54) is 0 Å². The predicted molar refractivity (Wildman–Crippen MR) is 41.1 cm³/mol. The first-order valence-corrected chi connectivity index (χ1v) is 3.79. The van der Waals surface area contributed by atoms with Gasteiger partial charge in [0.1, 0.15) is 0 Å². The van der Waals surface area contributed by atoms with Crippen LogP contribution in [0.15, 0.2) is 12.3 Å². The number of nitrogens with zero attached hydrogens (tertiary/aromatic N) is 1. The molecule has 0 saturated heterocycles. The summed E-state index contributed by atoms with van der Waals surface area (Å²) in [4.78, 5) is 13.5. The van der Waals surface area contributed by atoms with Gasteiger partial charge >= 0.3 is 6.36 Å². The molecule has 0 aliphatic heterocycles. The van der Waals surface area contributed by atoms with Gasteiger partial charge < -0.3 is 4.74 Å². The van der Waals surface area contributed by atoms with E-state index in [1.54, 1.807) is 0 Å². The Morgan fingerprint density at radius 2 is 2.07 bits per heavy atom. The van der Waals surface area contributed by atoms with E-state index >= 15 is 0 Å². The molecule has 1 rings (SSSR count). The van der Waals surface area contributed by atoms with E-state index in [-0.39, 0.29) is 0 Å². The predicted octanol–water partition coefficient (Wildman–Crippen LogP) is 2.50. The van der Waals surface area contributed by atoms with Gasteiger partial charge in [0, 0.05) is 6.20 Å². The average Bonchev–Trinajstić information content (AvgIpc) is 2.05. The Morgan fingerprint density at radius 3 is 2.53 bits per heavy atom. The van der Waals surface area contributed by atoms with Crippen LogP contribution in [0.5, 0.6) is 5.75 Å². The van der Waals surface area contributed by atoms with E-state index in [1.807, 2.05) is 0 Å². The molecule has 1 heterocycles. The number of carbonyl (C=O) groups excluding carboxylic acids is 1. The number of hydrogen-bond acceptors (Lipinski definition) is 3. The van der Waals surface area contributed by atoms with Gasteiger partial charge in [-0.2, -0.15) is 4.39 Å². The third-order valence-corrected chi connectivity index (χ3v) is 1.49. The number of ether oxygens (including phenoxy) is 1. The normalized spacial score (nSPS) is 11.3. The largest absolute Gasteiger partial charge is 0.573 e. The summed E-state index contributed by atoms with van der Waals surface area (Å²) < 4.78 is 51.5. The summed E-state index contributed by atoms with van der Waals surface area (Å²) in [5.41, 5.74) is -0.735. The molecule has 82 valence electrons. The van der Waals surface area contributed by atoms with Gasteiger partial charge in [0.05, 0.1) is 5.56 Å². The number of halogens is 5. The Balaban J connectivity index is 3.19. The highest BCUT2D eigenvalue weighted by molar-refractivity contribution is 6.68. The molecule has 15 heavy (non-hydrogen) atoms. The molecule has 8 heteroatoms. The van der Waals surface area contributed by atoms with Gasteiger partial charge in [-0.1, -0.05) is 0 Å². The fourth-order valence-electron chi connectivity index (χ4n) is 0.790. The molecule has 0 amide bonds. The highest BCUT2D eigenvalue weighted by Crippen LogP contribution is 2.28. The lowest BCUT2D eigenvalue weighted by Gasteiger charge is -2.10. The Labute approximate surface area is 85.6 Å². The topological polar surface area (TPSA) is 39.2 Å². The summed E-state index contributed by atoms with van der Waals surface area (Å²) in [6.45, 7) is 0. The van der Waals surface area contributed by atoms with Gasteiger partial charge in [-0.25, -0.2) is 4.98 Å². The van der Waals surface area contributed by atoms with Crippen LogP contribution in [0.4, 0.5) is 17.6 Å². The maximum atomic E-state index is 12.8. The Bertz CT molecular complexity index is 393. The third kappa shape index (κ3) is 3.05. The number of alkyl halides is 3. The van der Waals surface area contributed by atoms with Gasteiger partial charge in [0.2, 0.25) is 0 Å². The van der Waals surface area contributed by atoms with Crippen LogP contribution in [0.25, 0.3) is 0 Å². The minimum Gasteiger partial charge on any atom is -0.400 e. The number of carbonyl (C=O) groups is 1. The van der Waals surface area contributed by atoms with Crippen molar-refractivity contribution < 1.29 is 27.1 Å². The lowest BCUT2D eigenvalue weighted by molar-refractivity contribution is -0.275. The molecule has 0 aliphatic rings. The molecule has 1 aromatic heterocycles. The average molecular weight is 244 g/mol. The summed E-state index contributed by atoms with van der Waals surface area (Å²) in [5, 5.41) is -1.27. The summed E-state index contributed by atoms with van der Waals surface area (Å²) >= 11 is 4.93. The van der Waals surface area contributed by atoms with Crippen molar-refractivity contribution in [3.05, 3.63) is 23.8 Å². The van der Waals surface area contributed by atoms with Crippen molar-refractivity contribution in [1.82, 2.24) is 4.98 Å². The van der Waals surface area contributed by atoms with E-state index in [9.17, 15) is 22.4 Å². The van der Waals surface area contributed by atoms with E-state index < -0.39 is 28.9 Å². The highest BCUT2D eigenvalue weighted by atomic mass is 35.5. The fraction of sp³-hybridized carbons (Fsp3) is 0.143. The monoisotopic (exact) mass is 243 g/mol. The highest BCUT2D eigenvalue weighted by Gasteiger charge is 2.34. The fourth-order valence-corrected chi connectivity index (χ4v) is 0.939. The number of pyridine rings is 1. The van der Waals surface area contributed by atoms with E-state index in [0.29, 0.717) is 0 Å². The van der Waals surface area contributed by atoms with Crippen molar-refractivity contribution in [2.24, 2.45) is 0 Å². The number of aromatic nitrogens is 1. The first-order chi connectivity index (χ1) is 6.81. The Kier molecular flexibility index (Phi) is 3.13. The van der Waals surface area contributed by atoms with Gasteiger partial charge in [0.25, 0.3) is 11.2 Å². The molecule has 0 radical (unpaired) electrons. The minimum atomic E-state index is -5.12. The van der Waals surface area contributed by atoms with E-state index in [2.05, 4.69) is 9.72 Å². The van der Waals surface area contributed by atoms with Crippen LogP contribution in [0.2, 0.25) is 0 Å². The number of hydrogen-bond donors (Lipinski definition) is 0. The second-order valence-electron chi connectivity index (χ2n) is 2.30.